The molecule has 0 aliphatic rings. The highest BCUT2D eigenvalue weighted by Gasteiger charge is 2.34. The Bertz CT molecular complexity index is 434. The summed E-state index contributed by atoms with van der Waals surface area (Å²) in [6.07, 6.45) is 4.88. The van der Waals surface area contributed by atoms with E-state index in [9.17, 15) is 4.79 Å². The molecule has 1 heterocycles. The molecule has 0 radical (unpaired) electrons. The van der Waals surface area contributed by atoms with Gasteiger partial charge in [0.05, 0.1) is 17.8 Å². The molecule has 0 bridgehead atoms. The van der Waals surface area contributed by atoms with Crippen LogP contribution in [0.3, 0.4) is 0 Å². The molecule has 6 heteroatoms. The highest BCUT2D eigenvalue weighted by molar-refractivity contribution is 6.30. The maximum Gasteiger partial charge on any atom is 0.326 e. The summed E-state index contributed by atoms with van der Waals surface area (Å²) in [7, 11) is 0. The number of ether oxygens (including phenoxy) is 1. The molecule has 1 aromatic rings. The van der Waals surface area contributed by atoms with Crippen LogP contribution in [0, 0.1) is 0 Å². The van der Waals surface area contributed by atoms with Crippen LogP contribution in [0.15, 0.2) is 12.4 Å². The van der Waals surface area contributed by atoms with Crippen molar-refractivity contribution in [1.82, 2.24) is 15.1 Å². The summed E-state index contributed by atoms with van der Waals surface area (Å²) in [5, 5.41) is 8.05. The van der Waals surface area contributed by atoms with Gasteiger partial charge in [-0.1, -0.05) is 11.6 Å². The number of rotatable bonds is 8. The van der Waals surface area contributed by atoms with Crippen molar-refractivity contribution in [3.63, 3.8) is 0 Å². The van der Waals surface area contributed by atoms with Gasteiger partial charge in [-0.25, -0.2) is 0 Å². The number of hydrogen-bond donors (Lipinski definition) is 1. The van der Waals surface area contributed by atoms with Gasteiger partial charge in [-0.2, -0.15) is 5.10 Å². The normalized spacial score (nSPS) is 14.3. The van der Waals surface area contributed by atoms with Crippen molar-refractivity contribution >= 4 is 17.6 Å². The Morgan fingerprint density at radius 1 is 1.60 bits per heavy atom. The number of nitrogens with zero attached hydrogens (tertiary/aromatic N) is 2. The van der Waals surface area contributed by atoms with Crippen LogP contribution in [0.1, 0.15) is 40.5 Å². The number of halogens is 1. The zero-order valence-corrected chi connectivity index (χ0v) is 13.4. The fourth-order valence-electron chi connectivity index (χ4n) is 2.22. The summed E-state index contributed by atoms with van der Waals surface area (Å²) in [5.41, 5.74) is -0.666. The van der Waals surface area contributed by atoms with Gasteiger partial charge in [-0.3, -0.25) is 14.8 Å². The van der Waals surface area contributed by atoms with Gasteiger partial charge in [0.15, 0.2) is 0 Å². The molecular formula is C14H24ClN3O2. The highest BCUT2D eigenvalue weighted by atomic mass is 35.5. The number of esters is 1. The van der Waals surface area contributed by atoms with E-state index in [-0.39, 0.29) is 12.0 Å². The molecule has 0 aliphatic heterocycles. The van der Waals surface area contributed by atoms with E-state index in [2.05, 4.69) is 10.4 Å². The predicted molar refractivity (Wildman–Crippen MR) is 79.8 cm³/mol. The molecule has 0 fully saturated rings. The lowest BCUT2D eigenvalue weighted by Crippen LogP contribution is -2.53. The van der Waals surface area contributed by atoms with Gasteiger partial charge in [0.25, 0.3) is 0 Å². The zero-order valence-electron chi connectivity index (χ0n) is 12.6. The van der Waals surface area contributed by atoms with Gasteiger partial charge in [0.1, 0.15) is 5.54 Å². The minimum absolute atomic E-state index is 0.202. The topological polar surface area (TPSA) is 56.2 Å². The van der Waals surface area contributed by atoms with Crippen molar-refractivity contribution in [2.45, 2.75) is 58.7 Å². The van der Waals surface area contributed by atoms with Gasteiger partial charge >= 0.3 is 5.97 Å². The summed E-state index contributed by atoms with van der Waals surface area (Å²) >= 11 is 5.82. The molecule has 0 saturated carbocycles. The second kappa shape index (κ2) is 7.64. The Hall–Kier alpha value is -1.07. The van der Waals surface area contributed by atoms with E-state index in [0.29, 0.717) is 18.1 Å². The molecule has 1 N–H and O–H groups in total. The average molecular weight is 302 g/mol. The van der Waals surface area contributed by atoms with Crippen LogP contribution in [0.25, 0.3) is 0 Å². The standard InChI is InChI=1S/C14H24ClN3O2/c1-5-20-13(19)14(4,17-11(2)3)7-6-8-18-10-12(15)9-16-18/h9-11,17H,5-8H2,1-4H3. The molecule has 114 valence electrons. The monoisotopic (exact) mass is 301 g/mol. The fourth-order valence-corrected chi connectivity index (χ4v) is 2.37. The predicted octanol–water partition coefficient (Wildman–Crippen LogP) is 2.64. The van der Waals surface area contributed by atoms with Gasteiger partial charge in [-0.15, -0.1) is 0 Å². The third kappa shape index (κ3) is 5.13. The van der Waals surface area contributed by atoms with Gasteiger partial charge < -0.3 is 4.74 Å². The maximum absolute atomic E-state index is 12.1. The molecule has 0 aliphatic carbocycles. The maximum atomic E-state index is 12.1. The van der Waals surface area contributed by atoms with E-state index < -0.39 is 5.54 Å². The molecule has 20 heavy (non-hydrogen) atoms. The molecule has 1 aromatic heterocycles. The number of hydrogen-bond acceptors (Lipinski definition) is 4. The molecule has 5 nitrogen and oxygen atoms in total. The first kappa shape index (κ1) is 17.0. The lowest BCUT2D eigenvalue weighted by atomic mass is 9.94. The van der Waals surface area contributed by atoms with Crippen LogP contribution in [-0.4, -0.2) is 33.9 Å². The largest absolute Gasteiger partial charge is 0.465 e. The first-order valence-corrected chi connectivity index (χ1v) is 7.38. The van der Waals surface area contributed by atoms with Crippen molar-refractivity contribution in [1.29, 1.82) is 0 Å². The number of nitrogens with one attached hydrogen (secondary N) is 1. The van der Waals surface area contributed by atoms with Crippen LogP contribution in [0.2, 0.25) is 5.02 Å². The lowest BCUT2D eigenvalue weighted by Gasteiger charge is -2.30. The van der Waals surface area contributed by atoms with Crippen LogP contribution in [0.4, 0.5) is 0 Å². The smallest absolute Gasteiger partial charge is 0.326 e. The first-order valence-electron chi connectivity index (χ1n) is 7.00. The summed E-state index contributed by atoms with van der Waals surface area (Å²) < 4.78 is 6.95. The second-order valence-electron chi connectivity index (χ2n) is 5.38. The van der Waals surface area contributed by atoms with E-state index in [4.69, 9.17) is 16.3 Å². The van der Waals surface area contributed by atoms with E-state index in [1.807, 2.05) is 27.7 Å². The van der Waals surface area contributed by atoms with E-state index in [1.54, 1.807) is 17.1 Å². The number of carbonyl (C=O) groups is 1. The van der Waals surface area contributed by atoms with Crippen molar-refractivity contribution < 1.29 is 9.53 Å². The van der Waals surface area contributed by atoms with Crippen LogP contribution in [0.5, 0.6) is 0 Å². The van der Waals surface area contributed by atoms with E-state index in [1.165, 1.54) is 0 Å². The quantitative estimate of drug-likeness (QED) is 0.750. The minimum atomic E-state index is -0.666. The fraction of sp³-hybridized carbons (Fsp3) is 0.714. The number of aromatic nitrogens is 2. The highest BCUT2D eigenvalue weighted by Crippen LogP contribution is 2.17. The molecule has 0 saturated heterocycles. The molecule has 0 aromatic carbocycles. The third-order valence-electron chi connectivity index (χ3n) is 3.00. The molecule has 0 spiro atoms. The second-order valence-corrected chi connectivity index (χ2v) is 5.81. The Labute approximate surface area is 125 Å². The van der Waals surface area contributed by atoms with Crippen molar-refractivity contribution in [3.8, 4) is 0 Å². The SMILES string of the molecule is CCOC(=O)C(C)(CCCn1cc(Cl)cn1)NC(C)C. The number of carbonyl (C=O) groups excluding carboxylic acids is 1. The number of aryl methyl sites for hydroxylation is 1. The van der Waals surface area contributed by atoms with Crippen molar-refractivity contribution in [2.75, 3.05) is 6.61 Å². The Kier molecular flexibility index (Phi) is 6.49. The molecule has 1 rings (SSSR count). The molecule has 1 unspecified atom stereocenters. The van der Waals surface area contributed by atoms with E-state index in [0.717, 1.165) is 13.0 Å². The summed E-state index contributed by atoms with van der Waals surface area (Å²) in [4.78, 5) is 12.1. The minimum Gasteiger partial charge on any atom is -0.465 e. The third-order valence-corrected chi connectivity index (χ3v) is 3.19. The van der Waals surface area contributed by atoms with Gasteiger partial charge in [0, 0.05) is 18.8 Å². The van der Waals surface area contributed by atoms with Crippen LogP contribution in [-0.2, 0) is 16.1 Å². The molecular weight excluding hydrogens is 278 g/mol. The van der Waals surface area contributed by atoms with Crippen LogP contribution >= 0.6 is 11.6 Å². The average Bonchev–Trinajstić information content (AvgIpc) is 2.74. The van der Waals surface area contributed by atoms with Crippen molar-refractivity contribution in [2.24, 2.45) is 0 Å². The van der Waals surface area contributed by atoms with Gasteiger partial charge in [-0.05, 0) is 40.5 Å². The Morgan fingerprint density at radius 3 is 2.80 bits per heavy atom. The van der Waals surface area contributed by atoms with Crippen molar-refractivity contribution in [3.05, 3.63) is 17.4 Å². The summed E-state index contributed by atoms with van der Waals surface area (Å²) in [6, 6.07) is 0.212. The van der Waals surface area contributed by atoms with E-state index >= 15 is 0 Å². The van der Waals surface area contributed by atoms with Crippen LogP contribution < -0.4 is 5.32 Å². The zero-order chi connectivity index (χ0) is 15.2. The van der Waals surface area contributed by atoms with Gasteiger partial charge in [0.2, 0.25) is 0 Å². The summed E-state index contributed by atoms with van der Waals surface area (Å²) in [5.74, 6) is -0.202. The summed E-state index contributed by atoms with van der Waals surface area (Å²) in [6.45, 7) is 8.86. The molecule has 0 amide bonds. The Morgan fingerprint density at radius 2 is 2.30 bits per heavy atom. The molecule has 1 atom stereocenters. The Balaban J connectivity index is 2.57. The lowest BCUT2D eigenvalue weighted by molar-refractivity contribution is -0.151. The first-order chi connectivity index (χ1) is 9.37.